The lowest BCUT2D eigenvalue weighted by atomic mass is 10.1. The van der Waals surface area contributed by atoms with Gasteiger partial charge in [0.15, 0.2) is 0 Å². The number of aliphatic hydroxyl groups is 1. The Hall–Kier alpha value is -2.99. The van der Waals surface area contributed by atoms with Crippen molar-refractivity contribution in [3.8, 4) is 0 Å². The molecule has 0 saturated heterocycles. The van der Waals surface area contributed by atoms with Crippen molar-refractivity contribution in [3.05, 3.63) is 81.9 Å². The van der Waals surface area contributed by atoms with Crippen molar-refractivity contribution in [1.29, 1.82) is 0 Å². The summed E-state index contributed by atoms with van der Waals surface area (Å²) in [6.07, 6.45) is 2.88. The van der Waals surface area contributed by atoms with E-state index in [0.29, 0.717) is 5.56 Å². The normalized spacial score (nSPS) is 12.0. The minimum atomic E-state index is -0.481. The zero-order valence-corrected chi connectivity index (χ0v) is 12.3. The summed E-state index contributed by atoms with van der Waals surface area (Å²) < 4.78 is 0. The van der Waals surface area contributed by atoms with E-state index in [1.54, 1.807) is 18.2 Å². The molecular formula is C17H16N2O4. The van der Waals surface area contributed by atoms with Crippen molar-refractivity contribution in [2.24, 2.45) is 0 Å². The van der Waals surface area contributed by atoms with E-state index in [4.69, 9.17) is 0 Å². The summed E-state index contributed by atoms with van der Waals surface area (Å²) in [5.41, 5.74) is 1.48. The van der Waals surface area contributed by atoms with E-state index in [2.05, 4.69) is 5.32 Å². The summed E-state index contributed by atoms with van der Waals surface area (Å²) in [5, 5.41) is 22.7. The van der Waals surface area contributed by atoms with Crippen LogP contribution in [0.15, 0.2) is 60.7 Å². The lowest BCUT2D eigenvalue weighted by Crippen LogP contribution is -2.29. The fraction of sp³-hybridized carbons (Fsp3) is 0.118. The molecular weight excluding hydrogens is 296 g/mol. The summed E-state index contributed by atoms with van der Waals surface area (Å²) in [6, 6.07) is 14.5. The molecule has 0 saturated carbocycles. The number of nitro groups is 1. The van der Waals surface area contributed by atoms with Crippen LogP contribution in [0.4, 0.5) is 5.69 Å². The summed E-state index contributed by atoms with van der Waals surface area (Å²) in [7, 11) is 0. The van der Waals surface area contributed by atoms with Gasteiger partial charge in [-0.3, -0.25) is 14.9 Å². The van der Waals surface area contributed by atoms with Crippen LogP contribution in [0, 0.1) is 10.1 Å². The summed E-state index contributed by atoms with van der Waals surface area (Å²) in [5.74, 6) is -0.355. The Morgan fingerprint density at radius 3 is 2.39 bits per heavy atom. The van der Waals surface area contributed by atoms with Gasteiger partial charge in [0.2, 0.25) is 5.91 Å². The van der Waals surface area contributed by atoms with E-state index in [1.165, 1.54) is 18.2 Å². The number of nitrogens with one attached hydrogen (secondary N) is 1. The highest BCUT2D eigenvalue weighted by Crippen LogP contribution is 2.14. The minimum absolute atomic E-state index is 0.00368. The second kappa shape index (κ2) is 7.86. The summed E-state index contributed by atoms with van der Waals surface area (Å²) >= 11 is 0. The molecule has 0 aliphatic rings. The van der Waals surface area contributed by atoms with Crippen LogP contribution in [0.2, 0.25) is 0 Å². The van der Waals surface area contributed by atoms with E-state index in [1.807, 2.05) is 30.3 Å². The minimum Gasteiger partial charge on any atom is -0.394 e. The van der Waals surface area contributed by atoms with Gasteiger partial charge in [0, 0.05) is 18.2 Å². The molecule has 0 aliphatic carbocycles. The highest BCUT2D eigenvalue weighted by atomic mass is 16.6. The Labute approximate surface area is 133 Å². The van der Waals surface area contributed by atoms with E-state index >= 15 is 0 Å². The van der Waals surface area contributed by atoms with Gasteiger partial charge in [0.1, 0.15) is 0 Å². The number of rotatable bonds is 6. The van der Waals surface area contributed by atoms with Crippen LogP contribution in [-0.4, -0.2) is 22.5 Å². The zero-order valence-electron chi connectivity index (χ0n) is 12.3. The number of amides is 1. The molecule has 1 atom stereocenters. The van der Waals surface area contributed by atoms with Gasteiger partial charge in [0.25, 0.3) is 5.69 Å². The van der Waals surface area contributed by atoms with Crippen molar-refractivity contribution < 1.29 is 14.8 Å². The zero-order chi connectivity index (χ0) is 16.7. The molecule has 23 heavy (non-hydrogen) atoms. The highest BCUT2D eigenvalue weighted by molar-refractivity contribution is 5.92. The van der Waals surface area contributed by atoms with Crippen LogP contribution >= 0.6 is 0 Å². The van der Waals surface area contributed by atoms with Crippen LogP contribution in [0.5, 0.6) is 0 Å². The van der Waals surface area contributed by atoms with E-state index < -0.39 is 11.0 Å². The van der Waals surface area contributed by atoms with Crippen molar-refractivity contribution in [2.45, 2.75) is 6.04 Å². The number of benzene rings is 2. The van der Waals surface area contributed by atoms with Crippen LogP contribution in [0.3, 0.4) is 0 Å². The maximum Gasteiger partial charge on any atom is 0.269 e. The van der Waals surface area contributed by atoms with E-state index in [0.717, 1.165) is 5.56 Å². The first-order valence-corrected chi connectivity index (χ1v) is 6.99. The largest absolute Gasteiger partial charge is 0.394 e. The Kier molecular flexibility index (Phi) is 5.60. The highest BCUT2D eigenvalue weighted by Gasteiger charge is 2.11. The van der Waals surface area contributed by atoms with Crippen molar-refractivity contribution in [3.63, 3.8) is 0 Å². The molecule has 118 valence electrons. The monoisotopic (exact) mass is 312 g/mol. The van der Waals surface area contributed by atoms with Crippen LogP contribution < -0.4 is 5.32 Å². The van der Waals surface area contributed by atoms with Gasteiger partial charge in [-0.25, -0.2) is 0 Å². The van der Waals surface area contributed by atoms with Gasteiger partial charge in [-0.15, -0.1) is 0 Å². The molecule has 0 heterocycles. The number of nitro benzene ring substituents is 1. The molecule has 0 aliphatic heterocycles. The van der Waals surface area contributed by atoms with Crippen LogP contribution in [0.25, 0.3) is 6.08 Å². The first-order chi connectivity index (χ1) is 11.1. The van der Waals surface area contributed by atoms with Gasteiger partial charge < -0.3 is 10.4 Å². The molecule has 0 spiro atoms. The molecule has 0 radical (unpaired) electrons. The van der Waals surface area contributed by atoms with Crippen molar-refractivity contribution >= 4 is 17.7 Å². The standard InChI is InChI=1S/C17H16N2O4/c20-12-16(14-4-2-1-3-5-14)18-17(21)11-8-13-6-9-15(10-7-13)19(22)23/h1-11,16,20H,12H2,(H,18,21)/b11-8+. The fourth-order valence-electron chi connectivity index (χ4n) is 2.02. The topological polar surface area (TPSA) is 92.5 Å². The Balaban J connectivity index is 1.99. The lowest BCUT2D eigenvalue weighted by molar-refractivity contribution is -0.384. The molecule has 0 fully saturated rings. The van der Waals surface area contributed by atoms with Gasteiger partial charge in [-0.1, -0.05) is 30.3 Å². The van der Waals surface area contributed by atoms with E-state index in [9.17, 15) is 20.0 Å². The molecule has 1 amide bonds. The Morgan fingerprint density at radius 1 is 1.17 bits per heavy atom. The summed E-state index contributed by atoms with van der Waals surface area (Å²) in [6.45, 7) is -0.207. The fourth-order valence-corrected chi connectivity index (χ4v) is 2.02. The van der Waals surface area contributed by atoms with Gasteiger partial charge >= 0.3 is 0 Å². The second-order valence-corrected chi connectivity index (χ2v) is 4.84. The maximum atomic E-state index is 11.9. The third-order valence-electron chi connectivity index (χ3n) is 3.23. The molecule has 6 heteroatoms. The van der Waals surface area contributed by atoms with Gasteiger partial charge in [-0.2, -0.15) is 0 Å². The predicted octanol–water partition coefficient (Wildman–Crippen LogP) is 2.46. The molecule has 2 rings (SSSR count). The first kappa shape index (κ1) is 16.4. The number of hydrogen-bond acceptors (Lipinski definition) is 4. The molecule has 0 bridgehead atoms. The lowest BCUT2D eigenvalue weighted by Gasteiger charge is -2.15. The third-order valence-corrected chi connectivity index (χ3v) is 3.23. The van der Waals surface area contributed by atoms with Crippen molar-refractivity contribution in [1.82, 2.24) is 5.32 Å². The Bertz CT molecular complexity index is 696. The molecule has 2 N–H and O–H groups in total. The molecule has 0 aromatic heterocycles. The molecule has 6 nitrogen and oxygen atoms in total. The predicted molar refractivity (Wildman–Crippen MR) is 86.5 cm³/mol. The van der Waals surface area contributed by atoms with Gasteiger partial charge in [-0.05, 0) is 29.3 Å². The molecule has 1 unspecified atom stereocenters. The molecule has 2 aromatic carbocycles. The van der Waals surface area contributed by atoms with Gasteiger partial charge in [0.05, 0.1) is 17.6 Å². The van der Waals surface area contributed by atoms with E-state index in [-0.39, 0.29) is 18.2 Å². The second-order valence-electron chi connectivity index (χ2n) is 4.84. The number of carbonyl (C=O) groups is 1. The van der Waals surface area contributed by atoms with Crippen LogP contribution in [0.1, 0.15) is 17.2 Å². The number of carbonyl (C=O) groups excluding carboxylic acids is 1. The smallest absolute Gasteiger partial charge is 0.269 e. The van der Waals surface area contributed by atoms with Crippen LogP contribution in [-0.2, 0) is 4.79 Å². The first-order valence-electron chi connectivity index (χ1n) is 6.99. The average molecular weight is 312 g/mol. The number of nitrogens with zero attached hydrogens (tertiary/aromatic N) is 1. The quantitative estimate of drug-likeness (QED) is 0.487. The van der Waals surface area contributed by atoms with Crippen molar-refractivity contribution in [2.75, 3.05) is 6.61 Å². The SMILES string of the molecule is O=C(/C=C/c1ccc([N+](=O)[O-])cc1)NC(CO)c1ccccc1. The number of aliphatic hydroxyl groups excluding tert-OH is 1. The summed E-state index contributed by atoms with van der Waals surface area (Å²) in [4.78, 5) is 22.0. The third kappa shape index (κ3) is 4.76. The average Bonchev–Trinajstić information content (AvgIpc) is 2.59. The number of non-ortho nitro benzene ring substituents is 1. The number of hydrogen-bond donors (Lipinski definition) is 2. The Morgan fingerprint density at radius 2 is 1.83 bits per heavy atom. The molecule has 2 aromatic rings. The maximum absolute atomic E-state index is 11.9.